The lowest BCUT2D eigenvalue weighted by molar-refractivity contribution is 0.0243. The molecule has 0 aliphatic carbocycles. The molecule has 72 valence electrons. The van der Waals surface area contributed by atoms with Crippen molar-refractivity contribution < 1.29 is 4.74 Å². The fourth-order valence-electron chi connectivity index (χ4n) is 2.23. The Bertz CT molecular complexity index is 133. The van der Waals surface area contributed by atoms with Crippen molar-refractivity contribution in [3.05, 3.63) is 0 Å². The molecule has 0 radical (unpaired) electrons. The molecular weight excluding hydrogens is 148 g/mol. The Balaban J connectivity index is 2.48. The molecule has 0 amide bonds. The van der Waals surface area contributed by atoms with E-state index in [0.717, 1.165) is 11.8 Å². The van der Waals surface area contributed by atoms with Crippen molar-refractivity contribution >= 4 is 0 Å². The topological polar surface area (TPSA) is 9.23 Å². The largest absolute Gasteiger partial charge is 0.374 e. The zero-order chi connectivity index (χ0) is 9.14. The van der Waals surface area contributed by atoms with Gasteiger partial charge in [0.1, 0.15) is 0 Å². The maximum absolute atomic E-state index is 5.98. The first kappa shape index (κ1) is 10.0. The lowest BCUT2D eigenvalue weighted by Crippen LogP contribution is -2.15. The molecule has 1 nitrogen and oxygen atoms in total. The fourth-order valence-corrected chi connectivity index (χ4v) is 2.23. The van der Waals surface area contributed by atoms with Crippen LogP contribution in [0.3, 0.4) is 0 Å². The summed E-state index contributed by atoms with van der Waals surface area (Å²) in [5.74, 6) is 1.52. The summed E-state index contributed by atoms with van der Waals surface area (Å²) in [6.45, 7) is 9.12. The van der Waals surface area contributed by atoms with E-state index in [4.69, 9.17) is 4.74 Å². The number of hydrogen-bond acceptors (Lipinski definition) is 1. The molecule has 1 heterocycles. The molecule has 1 heteroatoms. The Kier molecular flexibility index (Phi) is 3.57. The van der Waals surface area contributed by atoms with Crippen molar-refractivity contribution in [3.63, 3.8) is 0 Å². The van der Waals surface area contributed by atoms with E-state index in [9.17, 15) is 0 Å². The van der Waals surface area contributed by atoms with Crippen molar-refractivity contribution in [2.75, 3.05) is 0 Å². The molecule has 0 N–H and O–H groups in total. The van der Waals surface area contributed by atoms with Gasteiger partial charge in [-0.1, -0.05) is 34.1 Å². The number of ether oxygens (including phenoxy) is 1. The molecule has 0 aromatic rings. The molecule has 0 aromatic carbocycles. The number of rotatable bonds is 3. The van der Waals surface area contributed by atoms with Gasteiger partial charge in [0.25, 0.3) is 0 Å². The Morgan fingerprint density at radius 3 is 2.00 bits per heavy atom. The van der Waals surface area contributed by atoms with E-state index < -0.39 is 0 Å². The van der Waals surface area contributed by atoms with E-state index in [1.807, 2.05) is 0 Å². The molecule has 1 aliphatic rings. The van der Waals surface area contributed by atoms with Gasteiger partial charge in [0.05, 0.1) is 12.2 Å². The average molecular weight is 170 g/mol. The summed E-state index contributed by atoms with van der Waals surface area (Å²) in [5.41, 5.74) is 0. The normalized spacial score (nSPS) is 42.0. The highest BCUT2D eigenvalue weighted by Gasteiger charge is 2.36. The van der Waals surface area contributed by atoms with Gasteiger partial charge in [0.2, 0.25) is 0 Å². The predicted molar refractivity (Wildman–Crippen MR) is 52.2 cm³/mol. The van der Waals surface area contributed by atoms with Crippen molar-refractivity contribution in [1.82, 2.24) is 0 Å². The highest BCUT2D eigenvalue weighted by molar-refractivity contribution is 4.84. The van der Waals surface area contributed by atoms with Crippen LogP contribution in [-0.2, 0) is 4.74 Å². The van der Waals surface area contributed by atoms with Crippen LogP contribution in [0.1, 0.15) is 47.0 Å². The van der Waals surface area contributed by atoms with Crippen molar-refractivity contribution in [3.8, 4) is 0 Å². The summed E-state index contributed by atoms with van der Waals surface area (Å²) in [6, 6.07) is 0. The van der Waals surface area contributed by atoms with E-state index in [1.54, 1.807) is 0 Å². The molecule has 0 saturated carbocycles. The van der Waals surface area contributed by atoms with Gasteiger partial charge >= 0.3 is 0 Å². The van der Waals surface area contributed by atoms with Crippen LogP contribution in [0.15, 0.2) is 0 Å². The molecule has 1 fully saturated rings. The van der Waals surface area contributed by atoms with Gasteiger partial charge in [-0.3, -0.25) is 0 Å². The predicted octanol–water partition coefficient (Wildman–Crippen LogP) is 3.24. The SMILES string of the molecule is CCCC1OC(CC)C(C)C1C. The van der Waals surface area contributed by atoms with Crippen LogP contribution < -0.4 is 0 Å². The zero-order valence-corrected chi connectivity index (χ0v) is 8.84. The van der Waals surface area contributed by atoms with Crippen molar-refractivity contribution in [2.45, 2.75) is 59.2 Å². The first-order valence-electron chi connectivity index (χ1n) is 5.36. The van der Waals surface area contributed by atoms with E-state index in [1.165, 1.54) is 19.3 Å². The van der Waals surface area contributed by atoms with Gasteiger partial charge in [-0.05, 0) is 24.7 Å². The van der Waals surface area contributed by atoms with E-state index in [-0.39, 0.29) is 0 Å². The van der Waals surface area contributed by atoms with Crippen LogP contribution in [-0.4, -0.2) is 12.2 Å². The monoisotopic (exact) mass is 170 g/mol. The molecular formula is C11H22O. The maximum atomic E-state index is 5.98. The van der Waals surface area contributed by atoms with E-state index in [0.29, 0.717) is 12.2 Å². The summed E-state index contributed by atoms with van der Waals surface area (Å²) in [7, 11) is 0. The Morgan fingerprint density at radius 2 is 1.58 bits per heavy atom. The third-order valence-electron chi connectivity index (χ3n) is 3.33. The standard InChI is InChI=1S/C11H22O/c1-5-7-11-9(4)8(3)10(6-2)12-11/h8-11H,5-7H2,1-4H3. The van der Waals surface area contributed by atoms with Gasteiger partial charge in [-0.25, -0.2) is 0 Å². The second-order valence-corrected chi connectivity index (χ2v) is 4.13. The molecule has 1 saturated heterocycles. The van der Waals surface area contributed by atoms with Crippen molar-refractivity contribution in [2.24, 2.45) is 11.8 Å². The molecule has 4 unspecified atom stereocenters. The van der Waals surface area contributed by atoms with Gasteiger partial charge in [-0.15, -0.1) is 0 Å². The maximum Gasteiger partial charge on any atom is 0.0607 e. The second-order valence-electron chi connectivity index (χ2n) is 4.13. The lowest BCUT2D eigenvalue weighted by atomic mass is 9.88. The molecule has 4 atom stereocenters. The molecule has 12 heavy (non-hydrogen) atoms. The minimum atomic E-state index is 0.525. The molecule has 1 rings (SSSR count). The molecule has 0 bridgehead atoms. The van der Waals surface area contributed by atoms with E-state index >= 15 is 0 Å². The summed E-state index contributed by atoms with van der Waals surface area (Å²) in [6.07, 6.45) is 4.72. The first-order chi connectivity index (χ1) is 5.70. The Labute approximate surface area is 76.5 Å². The van der Waals surface area contributed by atoms with E-state index in [2.05, 4.69) is 27.7 Å². The van der Waals surface area contributed by atoms with Crippen LogP contribution in [0.25, 0.3) is 0 Å². The van der Waals surface area contributed by atoms with Gasteiger partial charge in [-0.2, -0.15) is 0 Å². The van der Waals surface area contributed by atoms with Crippen LogP contribution in [0.2, 0.25) is 0 Å². The van der Waals surface area contributed by atoms with Crippen LogP contribution in [0, 0.1) is 11.8 Å². The smallest absolute Gasteiger partial charge is 0.0607 e. The third-order valence-corrected chi connectivity index (χ3v) is 3.33. The quantitative estimate of drug-likeness (QED) is 0.632. The van der Waals surface area contributed by atoms with Crippen LogP contribution >= 0.6 is 0 Å². The summed E-state index contributed by atoms with van der Waals surface area (Å²) in [5, 5.41) is 0. The van der Waals surface area contributed by atoms with Crippen LogP contribution in [0.4, 0.5) is 0 Å². The summed E-state index contributed by atoms with van der Waals surface area (Å²) >= 11 is 0. The minimum absolute atomic E-state index is 0.525. The van der Waals surface area contributed by atoms with Crippen LogP contribution in [0.5, 0.6) is 0 Å². The highest BCUT2D eigenvalue weighted by atomic mass is 16.5. The third kappa shape index (κ3) is 1.82. The van der Waals surface area contributed by atoms with Gasteiger partial charge in [0.15, 0.2) is 0 Å². The second kappa shape index (κ2) is 4.27. The Hall–Kier alpha value is -0.0400. The van der Waals surface area contributed by atoms with Gasteiger partial charge in [0, 0.05) is 0 Å². The minimum Gasteiger partial charge on any atom is -0.374 e. The summed E-state index contributed by atoms with van der Waals surface area (Å²) < 4.78 is 5.98. The van der Waals surface area contributed by atoms with Crippen molar-refractivity contribution in [1.29, 1.82) is 0 Å². The lowest BCUT2D eigenvalue weighted by Gasteiger charge is -2.14. The number of hydrogen-bond donors (Lipinski definition) is 0. The van der Waals surface area contributed by atoms with Gasteiger partial charge < -0.3 is 4.74 Å². The highest BCUT2D eigenvalue weighted by Crippen LogP contribution is 2.35. The Morgan fingerprint density at radius 1 is 1.00 bits per heavy atom. The zero-order valence-electron chi connectivity index (χ0n) is 8.84. The summed E-state index contributed by atoms with van der Waals surface area (Å²) in [4.78, 5) is 0. The average Bonchev–Trinajstić information content (AvgIpc) is 2.33. The molecule has 0 aromatic heterocycles. The first-order valence-corrected chi connectivity index (χ1v) is 5.36. The molecule has 0 spiro atoms. The fraction of sp³-hybridized carbons (Fsp3) is 1.00. The molecule has 1 aliphatic heterocycles.